The number of hydrogen-bond acceptors (Lipinski definition) is 3. The SMILES string of the molecule is CC(O)c1ccc(N2CCN3CCCCC3C2)c(F)c1. The molecule has 20 heavy (non-hydrogen) atoms. The molecule has 2 aliphatic heterocycles. The van der Waals surface area contributed by atoms with Crippen LogP contribution in [0.15, 0.2) is 18.2 Å². The van der Waals surface area contributed by atoms with Gasteiger partial charge in [-0.2, -0.15) is 0 Å². The lowest BCUT2D eigenvalue weighted by Crippen LogP contribution is -2.55. The van der Waals surface area contributed by atoms with Crippen LogP contribution < -0.4 is 4.90 Å². The minimum Gasteiger partial charge on any atom is -0.389 e. The van der Waals surface area contributed by atoms with Gasteiger partial charge in [0.05, 0.1) is 11.8 Å². The second-order valence-electron chi connectivity index (χ2n) is 6.02. The van der Waals surface area contributed by atoms with Crippen molar-refractivity contribution in [3.8, 4) is 0 Å². The van der Waals surface area contributed by atoms with Gasteiger partial charge in [-0.05, 0) is 44.0 Å². The van der Waals surface area contributed by atoms with E-state index in [1.165, 1.54) is 31.9 Å². The molecule has 2 unspecified atom stereocenters. The Bertz CT molecular complexity index is 478. The van der Waals surface area contributed by atoms with Crippen LogP contribution in [0.4, 0.5) is 10.1 Å². The van der Waals surface area contributed by atoms with Crippen LogP contribution in [0.25, 0.3) is 0 Å². The Labute approximate surface area is 120 Å². The Morgan fingerprint density at radius 3 is 2.85 bits per heavy atom. The third kappa shape index (κ3) is 2.67. The number of rotatable bonds is 2. The molecule has 4 heteroatoms. The molecule has 3 rings (SSSR count). The molecular formula is C16H23FN2O. The van der Waals surface area contributed by atoms with Crippen molar-refractivity contribution < 1.29 is 9.50 Å². The van der Waals surface area contributed by atoms with Gasteiger partial charge in [0.25, 0.3) is 0 Å². The van der Waals surface area contributed by atoms with E-state index in [0.29, 0.717) is 17.3 Å². The Balaban J connectivity index is 1.76. The van der Waals surface area contributed by atoms with Gasteiger partial charge in [0.2, 0.25) is 0 Å². The molecule has 0 radical (unpaired) electrons. The van der Waals surface area contributed by atoms with E-state index in [0.717, 1.165) is 19.6 Å². The van der Waals surface area contributed by atoms with Crippen molar-refractivity contribution in [2.75, 3.05) is 31.1 Å². The van der Waals surface area contributed by atoms with Gasteiger partial charge in [0.1, 0.15) is 5.82 Å². The first-order valence-electron chi connectivity index (χ1n) is 7.61. The van der Waals surface area contributed by atoms with Crippen molar-refractivity contribution in [1.29, 1.82) is 0 Å². The van der Waals surface area contributed by atoms with Crippen LogP contribution in [0.3, 0.4) is 0 Å². The monoisotopic (exact) mass is 278 g/mol. The molecule has 3 nitrogen and oxygen atoms in total. The van der Waals surface area contributed by atoms with E-state index < -0.39 is 6.10 Å². The maximum atomic E-state index is 14.3. The maximum absolute atomic E-state index is 14.3. The first kappa shape index (κ1) is 13.8. The van der Waals surface area contributed by atoms with Crippen LogP contribution in [-0.4, -0.2) is 42.2 Å². The summed E-state index contributed by atoms with van der Waals surface area (Å²) in [5, 5.41) is 9.52. The highest BCUT2D eigenvalue weighted by atomic mass is 19.1. The number of nitrogens with zero attached hydrogens (tertiary/aromatic N) is 2. The van der Waals surface area contributed by atoms with Gasteiger partial charge in [0.15, 0.2) is 0 Å². The number of fused-ring (bicyclic) bond motifs is 1. The average molecular weight is 278 g/mol. The normalized spacial score (nSPS) is 25.4. The first-order chi connectivity index (χ1) is 9.65. The zero-order valence-corrected chi connectivity index (χ0v) is 12.1. The summed E-state index contributed by atoms with van der Waals surface area (Å²) < 4.78 is 14.3. The number of aliphatic hydroxyl groups is 1. The Morgan fingerprint density at radius 1 is 1.25 bits per heavy atom. The standard InChI is InChI=1S/C16H23FN2O/c1-12(20)13-5-6-16(15(17)10-13)19-9-8-18-7-3-2-4-14(18)11-19/h5-6,10,12,14,20H,2-4,7-9,11H2,1H3. The van der Waals surface area contributed by atoms with Crippen LogP contribution >= 0.6 is 0 Å². The van der Waals surface area contributed by atoms with Gasteiger partial charge < -0.3 is 10.0 Å². The molecule has 2 heterocycles. The van der Waals surface area contributed by atoms with Crippen LogP contribution in [0, 0.1) is 5.82 Å². The first-order valence-corrected chi connectivity index (χ1v) is 7.61. The molecule has 0 bridgehead atoms. The highest BCUT2D eigenvalue weighted by Crippen LogP contribution is 2.28. The topological polar surface area (TPSA) is 26.7 Å². The number of piperidine rings is 1. The molecule has 110 valence electrons. The summed E-state index contributed by atoms with van der Waals surface area (Å²) in [6.07, 6.45) is 3.20. The van der Waals surface area contributed by atoms with E-state index in [9.17, 15) is 9.50 Å². The van der Waals surface area contributed by atoms with Crippen molar-refractivity contribution in [2.24, 2.45) is 0 Å². The molecule has 2 saturated heterocycles. The van der Waals surface area contributed by atoms with E-state index in [1.54, 1.807) is 6.92 Å². The van der Waals surface area contributed by atoms with Crippen LogP contribution in [-0.2, 0) is 0 Å². The van der Waals surface area contributed by atoms with Gasteiger partial charge in [-0.3, -0.25) is 4.90 Å². The number of anilines is 1. The van der Waals surface area contributed by atoms with Crippen LogP contribution in [0.5, 0.6) is 0 Å². The summed E-state index contributed by atoms with van der Waals surface area (Å²) >= 11 is 0. The zero-order valence-electron chi connectivity index (χ0n) is 12.1. The molecule has 0 saturated carbocycles. The third-order valence-corrected chi connectivity index (χ3v) is 4.63. The van der Waals surface area contributed by atoms with Crippen molar-refractivity contribution >= 4 is 5.69 Å². The number of benzene rings is 1. The number of hydrogen-bond donors (Lipinski definition) is 1. The summed E-state index contributed by atoms with van der Waals surface area (Å²) in [4.78, 5) is 4.70. The van der Waals surface area contributed by atoms with E-state index >= 15 is 0 Å². The maximum Gasteiger partial charge on any atom is 0.146 e. The molecule has 1 aromatic rings. The van der Waals surface area contributed by atoms with Gasteiger partial charge in [-0.25, -0.2) is 4.39 Å². The Kier molecular flexibility index (Phi) is 3.94. The fourth-order valence-corrected chi connectivity index (χ4v) is 3.41. The van der Waals surface area contributed by atoms with Gasteiger partial charge in [0, 0.05) is 25.7 Å². The second kappa shape index (κ2) is 5.70. The molecule has 0 spiro atoms. The van der Waals surface area contributed by atoms with E-state index in [-0.39, 0.29) is 5.82 Å². The zero-order chi connectivity index (χ0) is 14.1. The largest absolute Gasteiger partial charge is 0.389 e. The van der Waals surface area contributed by atoms with E-state index in [4.69, 9.17) is 0 Å². The molecule has 2 aliphatic rings. The Hall–Kier alpha value is -1.13. The number of piperazine rings is 1. The quantitative estimate of drug-likeness (QED) is 0.900. The fourth-order valence-electron chi connectivity index (χ4n) is 3.41. The molecular weight excluding hydrogens is 255 g/mol. The summed E-state index contributed by atoms with van der Waals surface area (Å²) in [6, 6.07) is 5.69. The minimum absolute atomic E-state index is 0.215. The predicted molar refractivity (Wildman–Crippen MR) is 78.5 cm³/mol. The molecule has 0 amide bonds. The molecule has 1 N–H and O–H groups in total. The van der Waals surface area contributed by atoms with E-state index in [1.807, 2.05) is 12.1 Å². The summed E-state index contributed by atoms with van der Waals surface area (Å²) in [6.45, 7) is 5.70. The molecule has 0 aromatic heterocycles. The smallest absolute Gasteiger partial charge is 0.146 e. The summed E-state index contributed by atoms with van der Waals surface area (Å²) in [7, 11) is 0. The molecule has 0 aliphatic carbocycles. The van der Waals surface area contributed by atoms with Gasteiger partial charge >= 0.3 is 0 Å². The fraction of sp³-hybridized carbons (Fsp3) is 0.625. The lowest BCUT2D eigenvalue weighted by molar-refractivity contribution is 0.133. The molecule has 2 atom stereocenters. The third-order valence-electron chi connectivity index (χ3n) is 4.63. The van der Waals surface area contributed by atoms with Gasteiger partial charge in [-0.15, -0.1) is 0 Å². The average Bonchev–Trinajstić information content (AvgIpc) is 2.46. The van der Waals surface area contributed by atoms with Crippen molar-refractivity contribution in [2.45, 2.75) is 38.3 Å². The van der Waals surface area contributed by atoms with Crippen molar-refractivity contribution in [1.82, 2.24) is 4.90 Å². The van der Waals surface area contributed by atoms with Crippen molar-refractivity contribution in [3.63, 3.8) is 0 Å². The highest BCUT2D eigenvalue weighted by Gasteiger charge is 2.29. The number of halogens is 1. The molecule has 1 aromatic carbocycles. The second-order valence-corrected chi connectivity index (χ2v) is 6.02. The highest BCUT2D eigenvalue weighted by molar-refractivity contribution is 5.50. The predicted octanol–water partition coefficient (Wildman–Crippen LogP) is 2.55. The Morgan fingerprint density at radius 2 is 2.10 bits per heavy atom. The molecule has 2 fully saturated rings. The lowest BCUT2D eigenvalue weighted by atomic mass is 9.99. The van der Waals surface area contributed by atoms with Crippen molar-refractivity contribution in [3.05, 3.63) is 29.6 Å². The summed E-state index contributed by atoms with van der Waals surface area (Å²) in [5.41, 5.74) is 1.32. The van der Waals surface area contributed by atoms with Crippen LogP contribution in [0.2, 0.25) is 0 Å². The van der Waals surface area contributed by atoms with E-state index in [2.05, 4.69) is 9.80 Å². The van der Waals surface area contributed by atoms with Gasteiger partial charge in [-0.1, -0.05) is 12.5 Å². The lowest BCUT2D eigenvalue weighted by Gasteiger charge is -2.45. The summed E-state index contributed by atoms with van der Waals surface area (Å²) in [5.74, 6) is -0.215. The number of aliphatic hydroxyl groups excluding tert-OH is 1. The minimum atomic E-state index is -0.617. The van der Waals surface area contributed by atoms with Crippen LogP contribution in [0.1, 0.15) is 37.9 Å².